The van der Waals surface area contributed by atoms with Gasteiger partial charge in [-0.3, -0.25) is 4.79 Å². The van der Waals surface area contributed by atoms with Gasteiger partial charge in [0, 0.05) is 11.8 Å². The number of rotatable bonds is 3. The minimum absolute atomic E-state index is 0.242. The summed E-state index contributed by atoms with van der Waals surface area (Å²) in [6.07, 6.45) is 0.242. The van der Waals surface area contributed by atoms with Gasteiger partial charge in [-0.05, 0) is 11.5 Å². The van der Waals surface area contributed by atoms with Crippen molar-refractivity contribution in [2.75, 3.05) is 0 Å². The zero-order valence-electron chi connectivity index (χ0n) is 5.60. The number of aromatic nitrogens is 2. The summed E-state index contributed by atoms with van der Waals surface area (Å²) >= 11 is 1.18. The maximum absolute atomic E-state index is 10.3. The van der Waals surface area contributed by atoms with Crippen LogP contribution >= 0.6 is 11.5 Å². The molecule has 1 rings (SSSR count). The Kier molecular flexibility index (Phi) is 2.50. The van der Waals surface area contributed by atoms with Crippen LogP contribution in [0.1, 0.15) is 5.69 Å². The standard InChI is InChI=1S/C5H7N3O2S/c6-4(5(9)10)1-3-2-11-8-7-3/h2,4H,1,6H2,(H,9,10)/t4-/m0/s1. The highest BCUT2D eigenvalue weighted by atomic mass is 32.1. The fourth-order valence-corrected chi connectivity index (χ4v) is 1.05. The van der Waals surface area contributed by atoms with Gasteiger partial charge in [0.1, 0.15) is 6.04 Å². The summed E-state index contributed by atoms with van der Waals surface area (Å²) in [6.45, 7) is 0. The third-order valence-electron chi connectivity index (χ3n) is 1.15. The van der Waals surface area contributed by atoms with E-state index in [0.29, 0.717) is 5.69 Å². The molecule has 0 spiro atoms. The van der Waals surface area contributed by atoms with E-state index in [1.807, 2.05) is 0 Å². The largest absolute Gasteiger partial charge is 0.480 e. The van der Waals surface area contributed by atoms with Crippen molar-refractivity contribution in [3.8, 4) is 0 Å². The summed E-state index contributed by atoms with van der Waals surface area (Å²) in [5.41, 5.74) is 5.87. The molecule has 0 saturated carbocycles. The van der Waals surface area contributed by atoms with Gasteiger partial charge in [-0.15, -0.1) is 5.10 Å². The van der Waals surface area contributed by atoms with Crippen molar-refractivity contribution < 1.29 is 9.90 Å². The summed E-state index contributed by atoms with van der Waals surface area (Å²) in [5.74, 6) is -1.02. The monoisotopic (exact) mass is 173 g/mol. The lowest BCUT2D eigenvalue weighted by atomic mass is 10.2. The first-order valence-electron chi connectivity index (χ1n) is 2.94. The van der Waals surface area contributed by atoms with Gasteiger partial charge in [-0.2, -0.15) is 0 Å². The topological polar surface area (TPSA) is 89.1 Å². The zero-order chi connectivity index (χ0) is 8.27. The Morgan fingerprint density at radius 3 is 3.09 bits per heavy atom. The average Bonchev–Trinajstić information content (AvgIpc) is 2.39. The van der Waals surface area contributed by atoms with Gasteiger partial charge in [0.25, 0.3) is 0 Å². The Hall–Kier alpha value is -1.01. The minimum atomic E-state index is -1.02. The number of aliphatic carboxylic acids is 1. The molecule has 6 heteroatoms. The van der Waals surface area contributed by atoms with Gasteiger partial charge >= 0.3 is 5.97 Å². The third kappa shape index (κ3) is 2.24. The molecule has 3 N–H and O–H groups in total. The lowest BCUT2D eigenvalue weighted by molar-refractivity contribution is -0.138. The van der Waals surface area contributed by atoms with E-state index >= 15 is 0 Å². The highest BCUT2D eigenvalue weighted by Crippen LogP contribution is 1.99. The van der Waals surface area contributed by atoms with E-state index in [2.05, 4.69) is 9.59 Å². The van der Waals surface area contributed by atoms with Gasteiger partial charge in [-0.1, -0.05) is 4.49 Å². The molecule has 0 unspecified atom stereocenters. The molecule has 0 aliphatic heterocycles. The molecule has 0 radical (unpaired) electrons. The zero-order valence-corrected chi connectivity index (χ0v) is 6.41. The van der Waals surface area contributed by atoms with Crippen LogP contribution < -0.4 is 5.73 Å². The predicted molar refractivity (Wildman–Crippen MR) is 39.2 cm³/mol. The number of nitrogens with zero attached hydrogens (tertiary/aromatic N) is 2. The van der Waals surface area contributed by atoms with Gasteiger partial charge < -0.3 is 10.8 Å². The fourth-order valence-electron chi connectivity index (χ4n) is 0.586. The predicted octanol–water partition coefficient (Wildman–Crippen LogP) is -0.508. The van der Waals surface area contributed by atoms with Crippen LogP contribution in [0, 0.1) is 0 Å². The van der Waals surface area contributed by atoms with E-state index < -0.39 is 12.0 Å². The molecule has 1 aromatic heterocycles. The highest BCUT2D eigenvalue weighted by Gasteiger charge is 2.12. The molecule has 0 bridgehead atoms. The van der Waals surface area contributed by atoms with Gasteiger partial charge in [0.15, 0.2) is 0 Å². The lowest BCUT2D eigenvalue weighted by Gasteiger charge is -2.00. The Labute approximate surface area is 67.0 Å². The first kappa shape index (κ1) is 8.09. The Morgan fingerprint density at radius 1 is 1.91 bits per heavy atom. The SMILES string of the molecule is N[C@@H](Cc1csnn1)C(=O)O. The summed E-state index contributed by atoms with van der Waals surface area (Å²) in [7, 11) is 0. The second-order valence-corrected chi connectivity index (χ2v) is 2.65. The molecule has 0 aliphatic carbocycles. The number of carboxylic acids is 1. The van der Waals surface area contributed by atoms with Crippen LogP contribution in [0.3, 0.4) is 0 Å². The van der Waals surface area contributed by atoms with Crippen molar-refractivity contribution in [3.05, 3.63) is 11.1 Å². The van der Waals surface area contributed by atoms with Gasteiger partial charge in [-0.25, -0.2) is 0 Å². The number of hydrogen-bond donors (Lipinski definition) is 2. The smallest absolute Gasteiger partial charge is 0.320 e. The minimum Gasteiger partial charge on any atom is -0.480 e. The molecule has 1 heterocycles. The fraction of sp³-hybridized carbons (Fsp3) is 0.400. The molecule has 0 fully saturated rings. The van der Waals surface area contributed by atoms with E-state index in [-0.39, 0.29) is 6.42 Å². The lowest BCUT2D eigenvalue weighted by Crippen LogP contribution is -2.32. The van der Waals surface area contributed by atoms with Crippen LogP contribution in [0.15, 0.2) is 5.38 Å². The summed E-state index contributed by atoms with van der Waals surface area (Å²) in [6, 6.07) is -0.876. The van der Waals surface area contributed by atoms with Crippen LogP contribution in [0.25, 0.3) is 0 Å². The molecule has 1 aromatic rings. The first-order chi connectivity index (χ1) is 5.20. The van der Waals surface area contributed by atoms with E-state index in [0.717, 1.165) is 0 Å². The number of nitrogens with two attached hydrogens (primary N) is 1. The molecular formula is C5H7N3O2S. The van der Waals surface area contributed by atoms with E-state index in [1.54, 1.807) is 5.38 Å². The second-order valence-electron chi connectivity index (χ2n) is 2.05. The third-order valence-corrected chi connectivity index (χ3v) is 1.70. The van der Waals surface area contributed by atoms with Crippen molar-refractivity contribution in [2.24, 2.45) is 5.73 Å². The maximum atomic E-state index is 10.3. The average molecular weight is 173 g/mol. The highest BCUT2D eigenvalue weighted by molar-refractivity contribution is 7.03. The number of hydrogen-bond acceptors (Lipinski definition) is 5. The summed E-state index contributed by atoms with van der Waals surface area (Å²) in [4.78, 5) is 10.3. The molecule has 0 aromatic carbocycles. The van der Waals surface area contributed by atoms with E-state index in [1.165, 1.54) is 11.5 Å². The van der Waals surface area contributed by atoms with E-state index in [9.17, 15) is 4.79 Å². The Bertz CT molecular complexity index is 236. The van der Waals surface area contributed by atoms with Crippen LogP contribution in [-0.2, 0) is 11.2 Å². The quantitative estimate of drug-likeness (QED) is 0.642. The van der Waals surface area contributed by atoms with Gasteiger partial charge in [0.2, 0.25) is 0 Å². The number of carbonyl (C=O) groups is 1. The van der Waals surface area contributed by atoms with Crippen molar-refractivity contribution in [1.29, 1.82) is 0 Å². The van der Waals surface area contributed by atoms with Crippen LogP contribution in [0.2, 0.25) is 0 Å². The molecule has 0 amide bonds. The molecule has 0 aliphatic rings. The number of carboxylic acid groups (broad SMARTS) is 1. The Balaban J connectivity index is 2.50. The molecule has 1 atom stereocenters. The van der Waals surface area contributed by atoms with Gasteiger partial charge in [0.05, 0.1) is 5.69 Å². The van der Waals surface area contributed by atoms with Crippen molar-refractivity contribution in [3.63, 3.8) is 0 Å². The van der Waals surface area contributed by atoms with Crippen molar-refractivity contribution in [1.82, 2.24) is 9.59 Å². The molecule has 0 saturated heterocycles. The molecular weight excluding hydrogens is 166 g/mol. The second kappa shape index (κ2) is 3.40. The first-order valence-corrected chi connectivity index (χ1v) is 3.78. The van der Waals surface area contributed by atoms with Crippen LogP contribution in [0.5, 0.6) is 0 Å². The molecule has 60 valence electrons. The summed E-state index contributed by atoms with van der Waals surface area (Å²) < 4.78 is 3.58. The normalized spacial score (nSPS) is 12.8. The van der Waals surface area contributed by atoms with Crippen molar-refractivity contribution in [2.45, 2.75) is 12.5 Å². The molecule has 11 heavy (non-hydrogen) atoms. The summed E-state index contributed by atoms with van der Waals surface area (Å²) in [5, 5.41) is 13.8. The van der Waals surface area contributed by atoms with Crippen LogP contribution in [0.4, 0.5) is 0 Å². The van der Waals surface area contributed by atoms with Crippen LogP contribution in [-0.4, -0.2) is 26.7 Å². The Morgan fingerprint density at radius 2 is 2.64 bits per heavy atom. The maximum Gasteiger partial charge on any atom is 0.320 e. The van der Waals surface area contributed by atoms with E-state index in [4.69, 9.17) is 10.8 Å². The molecule has 5 nitrogen and oxygen atoms in total. The van der Waals surface area contributed by atoms with Crippen molar-refractivity contribution >= 4 is 17.5 Å².